The smallest absolute Gasteiger partial charge is 0.271 e. The molecule has 0 unspecified atom stereocenters. The van der Waals surface area contributed by atoms with Crippen molar-refractivity contribution in [2.75, 3.05) is 0 Å². The lowest BCUT2D eigenvalue weighted by Crippen LogP contribution is -2.34. The molecule has 84 valence electrons. The summed E-state index contributed by atoms with van der Waals surface area (Å²) in [6.07, 6.45) is 5.71. The van der Waals surface area contributed by atoms with Crippen molar-refractivity contribution in [3.63, 3.8) is 0 Å². The van der Waals surface area contributed by atoms with Crippen LogP contribution in [0.2, 0.25) is 0 Å². The lowest BCUT2D eigenvalue weighted by molar-refractivity contribution is 0.373. The van der Waals surface area contributed by atoms with E-state index in [1.54, 1.807) is 6.20 Å². The van der Waals surface area contributed by atoms with Crippen LogP contribution in [0.15, 0.2) is 10.7 Å². The van der Waals surface area contributed by atoms with Gasteiger partial charge < -0.3 is 10.3 Å². The zero-order valence-corrected chi connectivity index (χ0v) is 9.40. The monoisotopic (exact) mass is 237 g/mol. The largest absolute Gasteiger partial charge is 0.333 e. The zero-order chi connectivity index (χ0) is 11.0. The van der Waals surface area contributed by atoms with Crippen molar-refractivity contribution >= 4 is 11.5 Å². The predicted octanol–water partition coefficient (Wildman–Crippen LogP) is 1.32. The van der Waals surface area contributed by atoms with Crippen molar-refractivity contribution in [2.24, 2.45) is 5.73 Å². The molecule has 7 heteroatoms. The van der Waals surface area contributed by atoms with Gasteiger partial charge in [-0.3, -0.25) is 0 Å². The summed E-state index contributed by atoms with van der Waals surface area (Å²) in [4.78, 5) is 5.11. The van der Waals surface area contributed by atoms with E-state index in [4.69, 9.17) is 10.3 Å². The molecular formula is C9H11N5OS. The zero-order valence-electron chi connectivity index (χ0n) is 8.59. The molecule has 1 aliphatic carbocycles. The highest BCUT2D eigenvalue weighted by Gasteiger charge is 2.36. The Labute approximate surface area is 96.0 Å². The minimum Gasteiger partial charge on any atom is -0.333 e. The van der Waals surface area contributed by atoms with Crippen LogP contribution >= 0.6 is 11.5 Å². The Hall–Kier alpha value is -1.34. The van der Waals surface area contributed by atoms with E-state index < -0.39 is 5.54 Å². The summed E-state index contributed by atoms with van der Waals surface area (Å²) >= 11 is 1.23. The van der Waals surface area contributed by atoms with E-state index in [1.165, 1.54) is 11.5 Å². The van der Waals surface area contributed by atoms with E-state index in [0.29, 0.717) is 11.7 Å². The van der Waals surface area contributed by atoms with Crippen LogP contribution in [0.5, 0.6) is 0 Å². The van der Waals surface area contributed by atoms with E-state index in [-0.39, 0.29) is 0 Å². The van der Waals surface area contributed by atoms with Crippen LogP contribution in [0.3, 0.4) is 0 Å². The van der Waals surface area contributed by atoms with E-state index >= 15 is 0 Å². The molecule has 6 nitrogen and oxygen atoms in total. The van der Waals surface area contributed by atoms with Gasteiger partial charge in [-0.15, -0.1) is 5.10 Å². The third kappa shape index (κ3) is 1.52. The van der Waals surface area contributed by atoms with Crippen LogP contribution in [0.4, 0.5) is 0 Å². The Balaban J connectivity index is 1.93. The van der Waals surface area contributed by atoms with Crippen LogP contribution in [-0.4, -0.2) is 19.7 Å². The Morgan fingerprint density at radius 1 is 1.38 bits per heavy atom. The van der Waals surface area contributed by atoms with Crippen LogP contribution < -0.4 is 5.73 Å². The molecule has 0 saturated heterocycles. The molecule has 0 atom stereocenters. The molecule has 2 aromatic heterocycles. The summed E-state index contributed by atoms with van der Waals surface area (Å²) in [6.45, 7) is 0. The van der Waals surface area contributed by atoms with Gasteiger partial charge >= 0.3 is 0 Å². The summed E-state index contributed by atoms with van der Waals surface area (Å²) in [5.74, 6) is 1.06. The van der Waals surface area contributed by atoms with Crippen molar-refractivity contribution in [1.29, 1.82) is 0 Å². The summed E-state index contributed by atoms with van der Waals surface area (Å²) in [6, 6.07) is 0. The van der Waals surface area contributed by atoms with Gasteiger partial charge in [-0.1, -0.05) is 22.5 Å². The van der Waals surface area contributed by atoms with Gasteiger partial charge in [0.1, 0.15) is 4.88 Å². The molecule has 0 spiro atoms. The van der Waals surface area contributed by atoms with Crippen molar-refractivity contribution in [2.45, 2.75) is 31.2 Å². The lowest BCUT2D eigenvalue weighted by atomic mass is 9.99. The molecule has 0 amide bonds. The summed E-state index contributed by atoms with van der Waals surface area (Å²) in [5.41, 5.74) is 5.83. The second-order valence-electron chi connectivity index (χ2n) is 4.07. The molecule has 0 radical (unpaired) electrons. The fourth-order valence-corrected chi connectivity index (χ4v) is 2.45. The molecule has 2 aromatic rings. The molecule has 2 N–H and O–H groups in total. The number of hydrogen-bond acceptors (Lipinski definition) is 7. The number of nitrogens with two attached hydrogens (primary N) is 1. The van der Waals surface area contributed by atoms with Gasteiger partial charge in [0, 0.05) is 0 Å². The third-order valence-electron chi connectivity index (χ3n) is 2.94. The maximum atomic E-state index is 6.23. The second-order valence-corrected chi connectivity index (χ2v) is 4.85. The average molecular weight is 237 g/mol. The molecule has 16 heavy (non-hydrogen) atoms. The van der Waals surface area contributed by atoms with Gasteiger partial charge in [0.15, 0.2) is 5.82 Å². The molecule has 1 fully saturated rings. The number of nitrogens with zero attached hydrogens (tertiary/aromatic N) is 4. The SMILES string of the molecule is NC1(c2noc(-c3cnns3)n2)CCCC1. The maximum absolute atomic E-state index is 6.23. The highest BCUT2D eigenvalue weighted by atomic mass is 32.1. The Kier molecular flexibility index (Phi) is 2.22. The van der Waals surface area contributed by atoms with Gasteiger partial charge in [0.05, 0.1) is 11.7 Å². The topological polar surface area (TPSA) is 90.7 Å². The molecule has 0 aromatic carbocycles. The van der Waals surface area contributed by atoms with Gasteiger partial charge in [-0.2, -0.15) is 4.98 Å². The van der Waals surface area contributed by atoms with Crippen molar-refractivity contribution in [3.8, 4) is 10.8 Å². The first kappa shape index (κ1) is 9.86. The maximum Gasteiger partial charge on any atom is 0.271 e. The fraction of sp³-hybridized carbons (Fsp3) is 0.556. The molecule has 1 aliphatic rings. The number of hydrogen-bond donors (Lipinski definition) is 1. The highest BCUT2D eigenvalue weighted by Crippen LogP contribution is 2.35. The van der Waals surface area contributed by atoms with Crippen LogP contribution in [0, 0.1) is 0 Å². The number of aromatic nitrogens is 4. The van der Waals surface area contributed by atoms with E-state index in [1.807, 2.05) is 0 Å². The second kappa shape index (κ2) is 3.60. The van der Waals surface area contributed by atoms with Gasteiger partial charge in [0.25, 0.3) is 5.89 Å². The quantitative estimate of drug-likeness (QED) is 0.847. The Morgan fingerprint density at radius 2 is 2.19 bits per heavy atom. The Morgan fingerprint density at radius 3 is 2.88 bits per heavy atom. The summed E-state index contributed by atoms with van der Waals surface area (Å²) in [7, 11) is 0. The van der Waals surface area contributed by atoms with Crippen molar-refractivity contribution < 1.29 is 4.52 Å². The first-order valence-electron chi connectivity index (χ1n) is 5.19. The third-order valence-corrected chi connectivity index (χ3v) is 3.59. The van der Waals surface area contributed by atoms with E-state index in [9.17, 15) is 0 Å². The first-order chi connectivity index (χ1) is 7.78. The van der Waals surface area contributed by atoms with Gasteiger partial charge in [-0.25, -0.2) is 0 Å². The molecule has 0 aliphatic heterocycles. The van der Waals surface area contributed by atoms with Crippen LogP contribution in [0.25, 0.3) is 10.8 Å². The van der Waals surface area contributed by atoms with Gasteiger partial charge in [-0.05, 0) is 24.4 Å². The van der Waals surface area contributed by atoms with Gasteiger partial charge in [0.2, 0.25) is 0 Å². The molecular weight excluding hydrogens is 226 g/mol. The Bertz CT molecular complexity index is 474. The number of rotatable bonds is 2. The normalized spacial score (nSPS) is 19.1. The highest BCUT2D eigenvalue weighted by molar-refractivity contribution is 7.09. The molecule has 0 bridgehead atoms. The minimum absolute atomic E-state index is 0.403. The van der Waals surface area contributed by atoms with E-state index in [0.717, 1.165) is 30.6 Å². The van der Waals surface area contributed by atoms with Crippen LogP contribution in [0.1, 0.15) is 31.5 Å². The van der Waals surface area contributed by atoms with Crippen molar-refractivity contribution in [1.82, 2.24) is 19.7 Å². The fourth-order valence-electron chi connectivity index (χ4n) is 2.02. The predicted molar refractivity (Wildman–Crippen MR) is 57.5 cm³/mol. The van der Waals surface area contributed by atoms with Crippen LogP contribution in [-0.2, 0) is 5.54 Å². The molecule has 1 saturated carbocycles. The summed E-state index contributed by atoms with van der Waals surface area (Å²) in [5, 5.41) is 7.70. The lowest BCUT2D eigenvalue weighted by Gasteiger charge is -2.17. The average Bonchev–Trinajstić information content (AvgIpc) is 2.98. The molecule has 3 rings (SSSR count). The molecule has 2 heterocycles. The van der Waals surface area contributed by atoms with Crippen molar-refractivity contribution in [3.05, 3.63) is 12.0 Å². The standard InChI is InChI=1S/C9H11N5OS/c10-9(3-1-2-4-9)8-12-7(15-13-8)6-5-11-14-16-6/h5H,1-4,10H2. The summed E-state index contributed by atoms with van der Waals surface area (Å²) < 4.78 is 8.93. The minimum atomic E-state index is -0.403. The van der Waals surface area contributed by atoms with E-state index in [2.05, 4.69) is 19.7 Å². The first-order valence-corrected chi connectivity index (χ1v) is 5.96.